The monoisotopic (exact) mass is 331 g/mol. The second-order valence-corrected chi connectivity index (χ2v) is 8.35. The fourth-order valence-electron chi connectivity index (χ4n) is 2.37. The first kappa shape index (κ1) is 16.7. The van der Waals surface area contributed by atoms with E-state index in [1.165, 1.54) is 16.6 Å². The molecule has 1 fully saturated rings. The van der Waals surface area contributed by atoms with Crippen LogP contribution in [0, 0.1) is 0 Å². The highest BCUT2D eigenvalue weighted by Gasteiger charge is 2.32. The first-order chi connectivity index (χ1) is 9.75. The Morgan fingerprint density at radius 2 is 1.81 bits per heavy atom. The molecule has 0 saturated carbocycles. The van der Waals surface area contributed by atoms with Gasteiger partial charge in [-0.15, -0.1) is 11.6 Å². The van der Waals surface area contributed by atoms with Crippen molar-refractivity contribution < 1.29 is 8.42 Å². The minimum Gasteiger partial charge on any atom is -0.296 e. The Morgan fingerprint density at radius 3 is 2.24 bits per heavy atom. The average Bonchev–Trinajstić information content (AvgIpc) is 2.46. The van der Waals surface area contributed by atoms with Gasteiger partial charge in [0, 0.05) is 43.8 Å². The van der Waals surface area contributed by atoms with Gasteiger partial charge < -0.3 is 0 Å². The molecule has 0 aliphatic carbocycles. The molecule has 0 unspecified atom stereocenters. The zero-order valence-corrected chi connectivity index (χ0v) is 14.3. The number of halogens is 1. The maximum Gasteiger partial charge on any atom is 0.260 e. The van der Waals surface area contributed by atoms with Crippen LogP contribution in [0.3, 0.4) is 0 Å². The molecule has 0 spiro atoms. The van der Waals surface area contributed by atoms with Gasteiger partial charge in [0.05, 0.1) is 0 Å². The average molecular weight is 332 g/mol. The Kier molecular flexibility index (Phi) is 4.92. The van der Waals surface area contributed by atoms with Crippen LogP contribution in [0.15, 0.2) is 23.4 Å². The van der Waals surface area contributed by atoms with Gasteiger partial charge in [0.1, 0.15) is 0 Å². The highest BCUT2D eigenvalue weighted by atomic mass is 35.5. The third kappa shape index (κ3) is 3.74. The molecule has 0 radical (unpaired) electrons. The van der Waals surface area contributed by atoms with E-state index in [1.807, 2.05) is 0 Å². The Labute approximate surface area is 132 Å². The second-order valence-electron chi connectivity index (χ2n) is 6.20. The van der Waals surface area contributed by atoms with Crippen molar-refractivity contribution >= 4 is 21.6 Å². The Bertz CT molecular complexity index is 573. The normalized spacial score (nSPS) is 18.9. The summed E-state index contributed by atoms with van der Waals surface area (Å²) >= 11 is 5.70. The van der Waals surface area contributed by atoms with Gasteiger partial charge >= 0.3 is 0 Å². The van der Waals surface area contributed by atoms with Gasteiger partial charge in [0.25, 0.3) is 10.0 Å². The lowest BCUT2D eigenvalue weighted by Gasteiger charge is -2.41. The minimum absolute atomic E-state index is 0.0656. The highest BCUT2D eigenvalue weighted by molar-refractivity contribution is 7.89. The van der Waals surface area contributed by atoms with Crippen LogP contribution in [0.1, 0.15) is 26.3 Å². The van der Waals surface area contributed by atoms with E-state index in [0.29, 0.717) is 19.0 Å². The molecule has 1 aromatic rings. The van der Waals surface area contributed by atoms with Crippen LogP contribution >= 0.6 is 11.6 Å². The van der Waals surface area contributed by atoms with Crippen LogP contribution in [-0.2, 0) is 15.9 Å². The summed E-state index contributed by atoms with van der Waals surface area (Å²) in [4.78, 5) is 6.33. The summed E-state index contributed by atoms with van der Waals surface area (Å²) in [6.07, 6.45) is 1.52. The molecular weight excluding hydrogens is 310 g/mol. The number of pyridine rings is 1. The molecule has 5 nitrogen and oxygen atoms in total. The minimum atomic E-state index is -3.50. The van der Waals surface area contributed by atoms with Crippen LogP contribution < -0.4 is 0 Å². The zero-order chi connectivity index (χ0) is 15.7. The van der Waals surface area contributed by atoms with Gasteiger partial charge in [-0.1, -0.05) is 6.07 Å². The molecule has 1 saturated heterocycles. The number of alkyl halides is 1. The van der Waals surface area contributed by atoms with Crippen LogP contribution in [0.4, 0.5) is 0 Å². The lowest BCUT2D eigenvalue weighted by molar-refractivity contribution is 0.0921. The van der Waals surface area contributed by atoms with Crippen LogP contribution in [0.5, 0.6) is 0 Å². The number of piperazine rings is 1. The molecule has 0 atom stereocenters. The lowest BCUT2D eigenvalue weighted by Crippen LogP contribution is -2.54. The van der Waals surface area contributed by atoms with Crippen molar-refractivity contribution in [3.8, 4) is 0 Å². The molecule has 7 heteroatoms. The molecule has 118 valence electrons. The summed E-state index contributed by atoms with van der Waals surface area (Å²) in [5.74, 6) is 0.331. The third-order valence-corrected chi connectivity index (χ3v) is 5.87. The first-order valence-electron chi connectivity index (χ1n) is 7.01. The summed E-state index contributed by atoms with van der Waals surface area (Å²) in [7, 11) is -3.50. The van der Waals surface area contributed by atoms with Crippen molar-refractivity contribution in [3.05, 3.63) is 23.9 Å². The highest BCUT2D eigenvalue weighted by Crippen LogP contribution is 2.20. The van der Waals surface area contributed by atoms with E-state index in [1.54, 1.807) is 6.07 Å². The SMILES string of the molecule is CC(C)(C)N1CCN(S(=O)(=O)c2ccc(CCl)cn2)CC1. The maximum atomic E-state index is 12.6. The Hall–Kier alpha value is -0.690. The smallest absolute Gasteiger partial charge is 0.260 e. The molecule has 2 heterocycles. The summed E-state index contributed by atoms with van der Waals surface area (Å²) < 4.78 is 26.6. The summed E-state index contributed by atoms with van der Waals surface area (Å²) in [5.41, 5.74) is 0.879. The molecular formula is C14H22ClN3O2S. The van der Waals surface area contributed by atoms with E-state index in [0.717, 1.165) is 18.7 Å². The molecule has 0 N–H and O–H groups in total. The van der Waals surface area contributed by atoms with Gasteiger partial charge in [-0.25, -0.2) is 13.4 Å². The van der Waals surface area contributed by atoms with E-state index in [9.17, 15) is 8.42 Å². The lowest BCUT2D eigenvalue weighted by atomic mass is 10.1. The molecule has 1 aliphatic heterocycles. The summed E-state index contributed by atoms with van der Waals surface area (Å²) in [5, 5.41) is 0.0978. The number of sulfonamides is 1. The number of rotatable bonds is 3. The third-order valence-electron chi connectivity index (χ3n) is 3.74. The largest absolute Gasteiger partial charge is 0.296 e. The van der Waals surface area contributed by atoms with E-state index >= 15 is 0 Å². The summed E-state index contributed by atoms with van der Waals surface area (Å²) in [6.45, 7) is 8.90. The van der Waals surface area contributed by atoms with Crippen LogP contribution in [0.25, 0.3) is 0 Å². The standard InChI is InChI=1S/C14H22ClN3O2S/c1-14(2,3)17-6-8-18(9-7-17)21(19,20)13-5-4-12(10-15)11-16-13/h4-5,11H,6-10H2,1-3H3. The molecule has 0 amide bonds. The van der Waals surface area contributed by atoms with Crippen molar-refractivity contribution in [2.45, 2.75) is 37.2 Å². The van der Waals surface area contributed by atoms with Crippen molar-refractivity contribution in [1.82, 2.24) is 14.2 Å². The van der Waals surface area contributed by atoms with Crippen molar-refractivity contribution in [2.24, 2.45) is 0 Å². The zero-order valence-electron chi connectivity index (χ0n) is 12.7. The van der Waals surface area contributed by atoms with Crippen molar-refractivity contribution in [2.75, 3.05) is 26.2 Å². The van der Waals surface area contributed by atoms with E-state index < -0.39 is 10.0 Å². The van der Waals surface area contributed by atoms with Gasteiger partial charge in [0.2, 0.25) is 0 Å². The fourth-order valence-corrected chi connectivity index (χ4v) is 3.87. The Morgan fingerprint density at radius 1 is 1.19 bits per heavy atom. The van der Waals surface area contributed by atoms with E-state index in [2.05, 4.69) is 30.7 Å². The van der Waals surface area contributed by atoms with Crippen molar-refractivity contribution in [3.63, 3.8) is 0 Å². The van der Waals surface area contributed by atoms with Crippen LogP contribution in [-0.4, -0.2) is 54.3 Å². The maximum absolute atomic E-state index is 12.6. The number of hydrogen-bond acceptors (Lipinski definition) is 4. The molecule has 21 heavy (non-hydrogen) atoms. The molecule has 2 rings (SSSR count). The molecule has 1 aliphatic rings. The first-order valence-corrected chi connectivity index (χ1v) is 8.99. The van der Waals surface area contributed by atoms with E-state index in [-0.39, 0.29) is 10.6 Å². The summed E-state index contributed by atoms with van der Waals surface area (Å²) in [6, 6.07) is 3.24. The quantitative estimate of drug-likeness (QED) is 0.794. The fraction of sp³-hybridized carbons (Fsp3) is 0.643. The van der Waals surface area contributed by atoms with Gasteiger partial charge in [-0.2, -0.15) is 4.31 Å². The predicted octanol–water partition coefficient (Wildman–Crippen LogP) is 1.93. The second kappa shape index (κ2) is 6.20. The topological polar surface area (TPSA) is 53.5 Å². The number of hydrogen-bond donors (Lipinski definition) is 0. The molecule has 0 bridgehead atoms. The van der Waals surface area contributed by atoms with Crippen LogP contribution in [0.2, 0.25) is 0 Å². The van der Waals surface area contributed by atoms with Gasteiger partial charge in [0.15, 0.2) is 5.03 Å². The number of aromatic nitrogens is 1. The predicted molar refractivity (Wildman–Crippen MR) is 83.9 cm³/mol. The number of nitrogens with zero attached hydrogens (tertiary/aromatic N) is 3. The Balaban J connectivity index is 2.11. The van der Waals surface area contributed by atoms with Crippen molar-refractivity contribution in [1.29, 1.82) is 0 Å². The van der Waals surface area contributed by atoms with Gasteiger partial charge in [-0.05, 0) is 32.4 Å². The molecule has 1 aromatic heterocycles. The van der Waals surface area contributed by atoms with Gasteiger partial charge in [-0.3, -0.25) is 4.90 Å². The van der Waals surface area contributed by atoms with E-state index in [4.69, 9.17) is 11.6 Å². The molecule has 0 aromatic carbocycles.